The maximum absolute atomic E-state index is 12.9. The molecule has 0 bridgehead atoms. The largest absolute Gasteiger partial charge is 0.446 e. The number of aliphatic hydroxyl groups is 1. The Hall–Kier alpha value is -1.54. The van der Waals surface area contributed by atoms with Crippen molar-refractivity contribution in [2.75, 3.05) is 26.2 Å². The van der Waals surface area contributed by atoms with Crippen LogP contribution in [0.3, 0.4) is 0 Å². The second-order valence-electron chi connectivity index (χ2n) is 18.7. The summed E-state index contributed by atoms with van der Waals surface area (Å²) in [4.78, 5) is 29.4. The number of aliphatic hydroxyl groups excluding tert-OH is 1. The number of hydrogen-bond donors (Lipinski definition) is 1. The average Bonchev–Trinajstić information content (AvgIpc) is 3.56. The lowest BCUT2D eigenvalue weighted by molar-refractivity contribution is -0.186. The van der Waals surface area contributed by atoms with Crippen molar-refractivity contribution in [3.63, 3.8) is 0 Å². The van der Waals surface area contributed by atoms with Gasteiger partial charge in [0.1, 0.15) is 12.2 Å². The van der Waals surface area contributed by atoms with Gasteiger partial charge in [0.25, 0.3) is 0 Å². The van der Waals surface area contributed by atoms with Crippen LogP contribution in [0, 0.1) is 56.7 Å². The van der Waals surface area contributed by atoms with Crippen molar-refractivity contribution >= 4 is 12.2 Å². The van der Waals surface area contributed by atoms with Gasteiger partial charge in [0.2, 0.25) is 0 Å². The third kappa shape index (κ3) is 3.92. The first-order chi connectivity index (χ1) is 21.7. The van der Waals surface area contributed by atoms with Gasteiger partial charge in [0, 0.05) is 37.0 Å². The summed E-state index contributed by atoms with van der Waals surface area (Å²) in [6, 6.07) is 0. The average molecular weight is 641 g/mol. The van der Waals surface area contributed by atoms with Crippen LogP contribution in [0.25, 0.3) is 0 Å². The summed E-state index contributed by atoms with van der Waals surface area (Å²) in [6.45, 7) is 19.5. The van der Waals surface area contributed by atoms with Crippen molar-refractivity contribution in [1.29, 1.82) is 0 Å². The molecule has 258 valence electrons. The van der Waals surface area contributed by atoms with E-state index < -0.39 is 6.10 Å². The Morgan fingerprint density at radius 3 is 2.13 bits per heavy atom. The van der Waals surface area contributed by atoms with Gasteiger partial charge in [-0.1, -0.05) is 48.5 Å². The van der Waals surface area contributed by atoms with E-state index in [-0.39, 0.29) is 64.2 Å². The van der Waals surface area contributed by atoms with Gasteiger partial charge in [-0.2, -0.15) is 0 Å². The van der Waals surface area contributed by atoms with E-state index in [4.69, 9.17) is 14.2 Å². The molecule has 3 aliphatic heterocycles. The normalized spacial score (nSPS) is 50.5. The van der Waals surface area contributed by atoms with Crippen LogP contribution in [0.1, 0.15) is 113 Å². The molecule has 1 unspecified atom stereocenters. The molecule has 3 saturated heterocycles. The van der Waals surface area contributed by atoms with Crippen LogP contribution in [-0.2, 0) is 14.2 Å². The fourth-order valence-electron chi connectivity index (χ4n) is 13.8. The summed E-state index contributed by atoms with van der Waals surface area (Å²) in [5.41, 5.74) is 0.263. The molecule has 5 aliphatic carbocycles. The van der Waals surface area contributed by atoms with Crippen LogP contribution in [0.15, 0.2) is 0 Å². The first-order valence-corrected chi connectivity index (χ1v) is 19.0. The Morgan fingerprint density at radius 2 is 1.50 bits per heavy atom. The van der Waals surface area contributed by atoms with Crippen LogP contribution >= 0.6 is 0 Å². The van der Waals surface area contributed by atoms with E-state index in [1.165, 1.54) is 12.8 Å². The maximum atomic E-state index is 12.9. The van der Waals surface area contributed by atoms with Crippen LogP contribution < -0.4 is 0 Å². The Kier molecular flexibility index (Phi) is 7.06. The number of carbonyl (C=O) groups is 2. The van der Waals surface area contributed by atoms with E-state index >= 15 is 0 Å². The lowest BCUT2D eigenvalue weighted by Crippen LogP contribution is -2.60. The second-order valence-corrected chi connectivity index (χ2v) is 18.7. The minimum absolute atomic E-state index is 0.00485. The fourth-order valence-corrected chi connectivity index (χ4v) is 13.8. The van der Waals surface area contributed by atoms with E-state index in [1.807, 2.05) is 4.90 Å². The Morgan fingerprint density at radius 1 is 0.870 bits per heavy atom. The summed E-state index contributed by atoms with van der Waals surface area (Å²) >= 11 is 0. The van der Waals surface area contributed by atoms with Crippen LogP contribution in [0.5, 0.6) is 0 Å². The SMILES string of the molecule is CC(C)[C@@H](OC(=O)N1CCC1)[C@H]1C[C@@H](C)[C@H]2[C@H](O1)[C@H](O)[C@@]1(C)[C@@H]3CC[C@H]4C(C)(C)C(OC(=O)N5CCC5)CC[C@@]45C[C@@]35CC[C@]21C. The highest BCUT2D eigenvalue weighted by Crippen LogP contribution is 2.89. The highest BCUT2D eigenvalue weighted by Gasteiger charge is 2.84. The summed E-state index contributed by atoms with van der Waals surface area (Å²) in [6.07, 6.45) is 9.36. The minimum atomic E-state index is -0.537. The van der Waals surface area contributed by atoms with E-state index in [1.54, 1.807) is 4.90 Å². The van der Waals surface area contributed by atoms with Crippen molar-refractivity contribution < 1.29 is 28.9 Å². The molecule has 8 nitrogen and oxygen atoms in total. The molecule has 0 aromatic rings. The molecule has 1 N–H and O–H groups in total. The molecule has 13 atom stereocenters. The molecule has 8 aliphatic rings. The van der Waals surface area contributed by atoms with Gasteiger partial charge in [-0.3, -0.25) is 0 Å². The number of likely N-dealkylation sites (tertiary alicyclic amines) is 2. The molecular weight excluding hydrogens is 580 g/mol. The molecule has 0 radical (unpaired) electrons. The predicted molar refractivity (Wildman–Crippen MR) is 174 cm³/mol. The quantitative estimate of drug-likeness (QED) is 0.361. The number of carbonyl (C=O) groups excluding carboxylic acids is 2. The summed E-state index contributed by atoms with van der Waals surface area (Å²) < 4.78 is 19.4. The van der Waals surface area contributed by atoms with Gasteiger partial charge in [-0.25, -0.2) is 9.59 Å². The minimum Gasteiger partial charge on any atom is -0.446 e. The highest BCUT2D eigenvalue weighted by molar-refractivity contribution is 5.69. The standard InChI is InChI=1S/C38H60N2O6/c1-22(2)29(46-33(43)40-18-9-19-40)24-20-23(3)28-30(44-24)31(41)36(7)26-11-10-25-34(4,5)27(45-32(42)39-16-8-17-39)12-13-37(25)21-38(26,37)15-14-35(28,36)6/h22-31,41H,8-21H2,1-7H3/t23-,24-,25+,26+,27?,28+,29-,30+,31+,35-,36-,37-,38+/m1/s1. The van der Waals surface area contributed by atoms with Crippen molar-refractivity contribution in [3.05, 3.63) is 0 Å². The number of rotatable bonds is 4. The number of nitrogens with zero attached hydrogens (tertiary/aromatic N) is 2. The third-order valence-electron chi connectivity index (χ3n) is 16.5. The summed E-state index contributed by atoms with van der Waals surface area (Å²) in [5.74, 6) is 1.81. The Bertz CT molecular complexity index is 1260. The van der Waals surface area contributed by atoms with Crippen LogP contribution in [0.2, 0.25) is 0 Å². The zero-order valence-corrected chi connectivity index (χ0v) is 29.6. The molecule has 8 rings (SSSR count). The monoisotopic (exact) mass is 640 g/mol. The summed E-state index contributed by atoms with van der Waals surface area (Å²) in [5, 5.41) is 12.6. The maximum Gasteiger partial charge on any atom is 0.410 e. The van der Waals surface area contributed by atoms with E-state index in [0.29, 0.717) is 29.1 Å². The smallest absolute Gasteiger partial charge is 0.410 e. The first kappa shape index (κ1) is 31.7. The lowest BCUT2D eigenvalue weighted by Gasteiger charge is -2.63. The lowest BCUT2D eigenvalue weighted by atomic mass is 9.41. The molecule has 5 saturated carbocycles. The molecule has 8 fully saturated rings. The van der Waals surface area contributed by atoms with E-state index in [0.717, 1.165) is 77.5 Å². The molecule has 0 aromatic heterocycles. The van der Waals surface area contributed by atoms with Crippen molar-refractivity contribution in [2.45, 2.75) is 143 Å². The third-order valence-corrected chi connectivity index (χ3v) is 16.5. The molecule has 0 aromatic carbocycles. The van der Waals surface area contributed by atoms with Gasteiger partial charge in [0.15, 0.2) is 0 Å². The number of hydrogen-bond acceptors (Lipinski definition) is 6. The predicted octanol–water partition coefficient (Wildman–Crippen LogP) is 6.88. The van der Waals surface area contributed by atoms with Crippen LogP contribution in [0.4, 0.5) is 9.59 Å². The van der Waals surface area contributed by atoms with Gasteiger partial charge in [0.05, 0.1) is 18.3 Å². The van der Waals surface area contributed by atoms with Gasteiger partial charge in [-0.15, -0.1) is 0 Å². The highest BCUT2D eigenvalue weighted by atomic mass is 16.6. The molecule has 2 spiro atoms. The van der Waals surface area contributed by atoms with Crippen molar-refractivity contribution in [3.8, 4) is 0 Å². The molecular formula is C38H60N2O6. The second kappa shape index (κ2) is 10.2. The molecule has 3 heterocycles. The Labute approximate surface area is 276 Å². The van der Waals surface area contributed by atoms with E-state index in [2.05, 4.69) is 48.5 Å². The topological polar surface area (TPSA) is 88.5 Å². The van der Waals surface area contributed by atoms with Gasteiger partial charge in [-0.05, 0) is 110 Å². The molecule has 46 heavy (non-hydrogen) atoms. The number of fused-ring (bicyclic) bond motifs is 4. The van der Waals surface area contributed by atoms with Crippen molar-refractivity contribution in [2.24, 2.45) is 56.7 Å². The number of amides is 2. The zero-order valence-electron chi connectivity index (χ0n) is 29.6. The van der Waals surface area contributed by atoms with Crippen LogP contribution in [-0.4, -0.2) is 83.8 Å². The number of ether oxygens (including phenoxy) is 3. The molecule has 8 heteroatoms. The van der Waals surface area contributed by atoms with E-state index in [9.17, 15) is 14.7 Å². The van der Waals surface area contributed by atoms with Gasteiger partial charge < -0.3 is 29.1 Å². The summed E-state index contributed by atoms with van der Waals surface area (Å²) in [7, 11) is 0. The van der Waals surface area contributed by atoms with Crippen molar-refractivity contribution in [1.82, 2.24) is 9.80 Å². The fraction of sp³-hybridized carbons (Fsp3) is 0.947. The van der Waals surface area contributed by atoms with Gasteiger partial charge >= 0.3 is 12.2 Å². The molecule has 2 amide bonds. The zero-order chi connectivity index (χ0) is 32.6. The first-order valence-electron chi connectivity index (χ1n) is 19.0. The Balaban J connectivity index is 1.04.